The molecule has 2 aromatic heterocycles. The van der Waals surface area contributed by atoms with Crippen LogP contribution in [0, 0.1) is 11.7 Å². The number of halogens is 1. The number of rotatable bonds is 5. The van der Waals surface area contributed by atoms with Gasteiger partial charge in [-0.1, -0.05) is 0 Å². The fourth-order valence-corrected chi connectivity index (χ4v) is 5.73. The van der Waals surface area contributed by atoms with Gasteiger partial charge in [-0.15, -0.1) is 11.3 Å². The molecule has 2 aliphatic rings. The zero-order valence-corrected chi connectivity index (χ0v) is 17.8. The molecule has 1 aliphatic carbocycles. The number of aromatic nitrogens is 1. The molecule has 1 amide bonds. The Bertz CT molecular complexity index is 1300. The number of thiophene rings is 1. The molecule has 3 aromatic rings. The lowest BCUT2D eigenvalue weighted by Crippen LogP contribution is -2.24. The molecule has 5 rings (SSSR count). The number of methoxy groups -OCH3 is 1. The van der Waals surface area contributed by atoms with Crippen LogP contribution in [0.2, 0.25) is 0 Å². The van der Waals surface area contributed by atoms with Gasteiger partial charge in [0.25, 0.3) is 5.91 Å². The van der Waals surface area contributed by atoms with E-state index in [0.29, 0.717) is 35.7 Å². The minimum absolute atomic E-state index is 0.00299. The summed E-state index contributed by atoms with van der Waals surface area (Å²) < 4.78 is 23.0. The summed E-state index contributed by atoms with van der Waals surface area (Å²) in [5.41, 5.74) is 11.5. The Balaban J connectivity index is 1.90. The van der Waals surface area contributed by atoms with Crippen molar-refractivity contribution in [3.63, 3.8) is 0 Å². The highest BCUT2D eigenvalue weighted by Gasteiger charge is 2.35. The van der Waals surface area contributed by atoms with Crippen molar-refractivity contribution in [3.05, 3.63) is 27.0 Å². The van der Waals surface area contributed by atoms with E-state index in [2.05, 4.69) is 0 Å². The molecule has 2 fully saturated rings. The minimum atomic E-state index is -0.812. The topological polar surface area (TPSA) is 124 Å². The van der Waals surface area contributed by atoms with Crippen LogP contribution in [0.3, 0.4) is 0 Å². The number of nitrogens with two attached hydrogens (primary N) is 2. The molecule has 31 heavy (non-hydrogen) atoms. The molecule has 8 nitrogen and oxygen atoms in total. The molecule has 0 spiro atoms. The monoisotopic (exact) mass is 446 g/mol. The molecule has 0 bridgehead atoms. The maximum absolute atomic E-state index is 15.4. The van der Waals surface area contributed by atoms with Gasteiger partial charge in [0.1, 0.15) is 20.8 Å². The molecule has 1 aromatic carbocycles. The Kier molecular flexibility index (Phi) is 4.60. The number of aromatic hydroxyl groups is 1. The van der Waals surface area contributed by atoms with E-state index in [-0.39, 0.29) is 33.4 Å². The third-order valence-corrected chi connectivity index (χ3v) is 7.45. The zero-order valence-electron chi connectivity index (χ0n) is 17.0. The number of anilines is 1. The molecule has 1 atom stereocenters. The van der Waals surface area contributed by atoms with E-state index in [0.717, 1.165) is 30.6 Å². The predicted octanol–water partition coefficient (Wildman–Crippen LogP) is 2.29. The summed E-state index contributed by atoms with van der Waals surface area (Å²) in [7, 11) is 1.46. The lowest BCUT2D eigenvalue weighted by molar-refractivity contribution is 0.100. The first kappa shape index (κ1) is 20.1. The lowest BCUT2D eigenvalue weighted by Gasteiger charge is -2.24. The molecule has 1 saturated carbocycles. The summed E-state index contributed by atoms with van der Waals surface area (Å²) in [6, 6.07) is 1.27. The van der Waals surface area contributed by atoms with Crippen LogP contribution in [0.15, 0.2) is 10.9 Å². The van der Waals surface area contributed by atoms with Gasteiger partial charge in [-0.2, -0.15) is 0 Å². The molecule has 0 radical (unpaired) electrons. The van der Waals surface area contributed by atoms with Crippen LogP contribution in [0.1, 0.15) is 35.0 Å². The maximum Gasteiger partial charge on any atom is 0.262 e. The molecular formula is C21H23FN4O4S. The largest absolute Gasteiger partial charge is 0.505 e. The van der Waals surface area contributed by atoms with Crippen LogP contribution in [0.25, 0.3) is 21.1 Å². The SMILES string of the molecule is COc1c(N2CCC(CN)C2)c(F)cc2c(=O)c3c(O)c(C(N)=O)sc3n(C3CC3)c12. The number of carbonyl (C=O) groups excluding carboxylic acids is 1. The number of amides is 1. The maximum atomic E-state index is 15.4. The predicted molar refractivity (Wildman–Crippen MR) is 118 cm³/mol. The second kappa shape index (κ2) is 7.10. The van der Waals surface area contributed by atoms with Crippen molar-refractivity contribution in [1.29, 1.82) is 0 Å². The van der Waals surface area contributed by atoms with Crippen LogP contribution < -0.4 is 26.5 Å². The Labute approximate surface area is 180 Å². The van der Waals surface area contributed by atoms with E-state index in [1.54, 1.807) is 0 Å². The fraction of sp³-hybridized carbons (Fsp3) is 0.429. The fourth-order valence-electron chi connectivity index (χ4n) is 4.60. The Morgan fingerprint density at radius 1 is 1.39 bits per heavy atom. The van der Waals surface area contributed by atoms with E-state index in [1.807, 2.05) is 9.47 Å². The number of hydrogen-bond donors (Lipinski definition) is 3. The van der Waals surface area contributed by atoms with Crippen LogP contribution in [-0.2, 0) is 0 Å². The molecule has 1 saturated heterocycles. The number of primary amides is 1. The average molecular weight is 447 g/mol. The van der Waals surface area contributed by atoms with Crippen molar-refractivity contribution in [2.45, 2.75) is 25.3 Å². The molecule has 5 N–H and O–H groups in total. The highest BCUT2D eigenvalue weighted by molar-refractivity contribution is 7.21. The Morgan fingerprint density at radius 2 is 2.13 bits per heavy atom. The number of hydrogen-bond acceptors (Lipinski definition) is 7. The number of fused-ring (bicyclic) bond motifs is 2. The van der Waals surface area contributed by atoms with E-state index < -0.39 is 22.9 Å². The quantitative estimate of drug-likeness (QED) is 0.552. The average Bonchev–Trinajstić information content (AvgIpc) is 3.35. The molecule has 10 heteroatoms. The third kappa shape index (κ3) is 2.89. The molecule has 3 heterocycles. The summed E-state index contributed by atoms with van der Waals surface area (Å²) in [6.07, 6.45) is 2.59. The Morgan fingerprint density at radius 3 is 2.71 bits per heavy atom. The summed E-state index contributed by atoms with van der Waals surface area (Å²) in [4.78, 5) is 27.4. The lowest BCUT2D eigenvalue weighted by atomic mass is 10.1. The van der Waals surface area contributed by atoms with Gasteiger partial charge in [0.05, 0.1) is 18.0 Å². The van der Waals surface area contributed by atoms with Gasteiger partial charge in [-0.25, -0.2) is 4.39 Å². The van der Waals surface area contributed by atoms with Gasteiger partial charge < -0.3 is 30.8 Å². The third-order valence-electron chi connectivity index (χ3n) is 6.25. The zero-order chi connectivity index (χ0) is 22.0. The van der Waals surface area contributed by atoms with Gasteiger partial charge >= 0.3 is 0 Å². The molecule has 1 unspecified atom stereocenters. The number of benzene rings is 1. The number of pyridine rings is 1. The summed E-state index contributed by atoms with van der Waals surface area (Å²) in [5.74, 6) is -1.27. The standard InChI is InChI=1S/C21H23FN4O4S/c1-30-18-14-11(6-12(22)15(18)25-5-4-9(7-23)8-25)16(27)13-17(28)19(20(24)29)31-21(13)26(14)10-2-3-10/h6,9-10,28H,2-5,7-8,23H2,1H3,(H2,24,29). The van der Waals surface area contributed by atoms with Gasteiger partial charge in [0.15, 0.2) is 17.3 Å². The van der Waals surface area contributed by atoms with Crippen molar-refractivity contribution in [2.24, 2.45) is 17.4 Å². The number of ether oxygens (including phenoxy) is 1. The minimum Gasteiger partial charge on any atom is -0.505 e. The summed E-state index contributed by atoms with van der Waals surface area (Å²) in [5, 5.41) is 10.7. The smallest absolute Gasteiger partial charge is 0.262 e. The van der Waals surface area contributed by atoms with Crippen molar-refractivity contribution >= 4 is 44.1 Å². The first-order chi connectivity index (χ1) is 14.9. The first-order valence-electron chi connectivity index (χ1n) is 10.2. The van der Waals surface area contributed by atoms with Crippen molar-refractivity contribution in [2.75, 3.05) is 31.6 Å². The molecular weight excluding hydrogens is 423 g/mol. The van der Waals surface area contributed by atoms with Crippen LogP contribution >= 0.6 is 11.3 Å². The van der Waals surface area contributed by atoms with E-state index in [4.69, 9.17) is 16.2 Å². The van der Waals surface area contributed by atoms with Gasteiger partial charge in [0.2, 0.25) is 5.43 Å². The summed E-state index contributed by atoms with van der Waals surface area (Å²) in [6.45, 7) is 1.77. The van der Waals surface area contributed by atoms with Crippen molar-refractivity contribution in [3.8, 4) is 11.5 Å². The van der Waals surface area contributed by atoms with Gasteiger partial charge in [-0.3, -0.25) is 9.59 Å². The van der Waals surface area contributed by atoms with E-state index in [9.17, 15) is 14.7 Å². The highest BCUT2D eigenvalue weighted by atomic mass is 32.1. The number of carbonyl (C=O) groups is 1. The Hall–Kier alpha value is -2.85. The molecule has 164 valence electrons. The normalized spacial score (nSPS) is 18.9. The van der Waals surface area contributed by atoms with E-state index in [1.165, 1.54) is 13.2 Å². The number of nitrogens with zero attached hydrogens (tertiary/aromatic N) is 2. The van der Waals surface area contributed by atoms with Crippen LogP contribution in [-0.4, -0.2) is 42.3 Å². The first-order valence-corrected chi connectivity index (χ1v) is 11.0. The highest BCUT2D eigenvalue weighted by Crippen LogP contribution is 2.48. The van der Waals surface area contributed by atoms with Crippen molar-refractivity contribution < 1.29 is 19.0 Å². The second-order valence-corrected chi connectivity index (χ2v) is 9.23. The van der Waals surface area contributed by atoms with Crippen LogP contribution in [0.4, 0.5) is 10.1 Å². The van der Waals surface area contributed by atoms with Crippen LogP contribution in [0.5, 0.6) is 11.5 Å². The van der Waals surface area contributed by atoms with Gasteiger partial charge in [0, 0.05) is 19.1 Å². The second-order valence-electron chi connectivity index (χ2n) is 8.23. The molecule has 1 aliphatic heterocycles. The van der Waals surface area contributed by atoms with E-state index >= 15 is 4.39 Å². The van der Waals surface area contributed by atoms with Crippen molar-refractivity contribution in [1.82, 2.24) is 4.57 Å². The van der Waals surface area contributed by atoms with Gasteiger partial charge in [-0.05, 0) is 37.8 Å². The summed E-state index contributed by atoms with van der Waals surface area (Å²) >= 11 is 0.980.